The van der Waals surface area contributed by atoms with Crippen LogP contribution in [0.3, 0.4) is 0 Å². The molecule has 2 N–H and O–H groups in total. The van der Waals surface area contributed by atoms with Crippen molar-refractivity contribution in [1.82, 2.24) is 10.6 Å². The van der Waals surface area contributed by atoms with Gasteiger partial charge >= 0.3 is 0 Å². The number of halogens is 1. The van der Waals surface area contributed by atoms with Gasteiger partial charge in [0.05, 0.1) is 5.02 Å². The third-order valence-corrected chi connectivity index (χ3v) is 2.60. The molecular weight excluding hydrogens is 252 g/mol. The standard InChI is InChI=1S/C13H19ClN2O2/c1-3-6-16-13(17)9-18-12-5-4-10(8-15-2)7-11(12)14/h4-5,7,15H,3,6,8-9H2,1-2H3,(H,16,17). The van der Waals surface area contributed by atoms with Gasteiger partial charge in [-0.3, -0.25) is 4.79 Å². The molecule has 0 atom stereocenters. The number of carbonyl (C=O) groups is 1. The summed E-state index contributed by atoms with van der Waals surface area (Å²) >= 11 is 6.07. The Morgan fingerprint density at radius 2 is 2.22 bits per heavy atom. The molecular formula is C13H19ClN2O2. The molecule has 0 bridgehead atoms. The van der Waals surface area contributed by atoms with E-state index in [0.29, 0.717) is 17.3 Å². The highest BCUT2D eigenvalue weighted by atomic mass is 35.5. The summed E-state index contributed by atoms with van der Waals surface area (Å²) in [7, 11) is 1.87. The molecule has 0 heterocycles. The maximum atomic E-state index is 11.4. The first-order chi connectivity index (χ1) is 8.67. The van der Waals surface area contributed by atoms with Gasteiger partial charge in [-0.25, -0.2) is 0 Å². The van der Waals surface area contributed by atoms with Crippen LogP contribution in [0, 0.1) is 0 Å². The van der Waals surface area contributed by atoms with Gasteiger partial charge in [0.15, 0.2) is 6.61 Å². The second-order valence-corrected chi connectivity index (χ2v) is 4.34. The fourth-order valence-corrected chi connectivity index (χ4v) is 1.69. The number of amides is 1. The molecule has 0 aliphatic carbocycles. The van der Waals surface area contributed by atoms with Crippen molar-refractivity contribution in [3.05, 3.63) is 28.8 Å². The third-order valence-electron chi connectivity index (χ3n) is 2.31. The molecule has 1 rings (SSSR count). The van der Waals surface area contributed by atoms with Gasteiger partial charge in [0.1, 0.15) is 5.75 Å². The maximum absolute atomic E-state index is 11.4. The molecule has 0 aliphatic rings. The van der Waals surface area contributed by atoms with Crippen molar-refractivity contribution in [3.63, 3.8) is 0 Å². The van der Waals surface area contributed by atoms with Crippen molar-refractivity contribution in [3.8, 4) is 5.75 Å². The van der Waals surface area contributed by atoms with E-state index in [4.69, 9.17) is 16.3 Å². The minimum atomic E-state index is -0.132. The van der Waals surface area contributed by atoms with Crippen molar-refractivity contribution in [2.45, 2.75) is 19.9 Å². The lowest BCUT2D eigenvalue weighted by Gasteiger charge is -2.09. The Balaban J connectivity index is 2.49. The largest absolute Gasteiger partial charge is 0.482 e. The van der Waals surface area contributed by atoms with E-state index in [1.165, 1.54) is 0 Å². The average Bonchev–Trinajstić information content (AvgIpc) is 2.35. The van der Waals surface area contributed by atoms with Crippen LogP contribution < -0.4 is 15.4 Å². The number of hydrogen-bond donors (Lipinski definition) is 2. The van der Waals surface area contributed by atoms with Crippen LogP contribution in [-0.2, 0) is 11.3 Å². The van der Waals surface area contributed by atoms with Gasteiger partial charge in [0.2, 0.25) is 0 Å². The van der Waals surface area contributed by atoms with Crippen LogP contribution in [0.1, 0.15) is 18.9 Å². The Morgan fingerprint density at radius 3 is 2.83 bits per heavy atom. The minimum Gasteiger partial charge on any atom is -0.482 e. The van der Waals surface area contributed by atoms with Gasteiger partial charge in [-0.05, 0) is 31.2 Å². The molecule has 0 spiro atoms. The number of benzene rings is 1. The summed E-state index contributed by atoms with van der Waals surface area (Å²) in [4.78, 5) is 11.4. The van der Waals surface area contributed by atoms with Crippen molar-refractivity contribution >= 4 is 17.5 Å². The lowest BCUT2D eigenvalue weighted by Crippen LogP contribution is -2.29. The molecule has 1 amide bonds. The monoisotopic (exact) mass is 270 g/mol. The molecule has 0 unspecified atom stereocenters. The van der Waals surface area contributed by atoms with E-state index in [-0.39, 0.29) is 12.5 Å². The highest BCUT2D eigenvalue weighted by molar-refractivity contribution is 6.32. The molecule has 0 aromatic heterocycles. The average molecular weight is 271 g/mol. The summed E-state index contributed by atoms with van der Waals surface area (Å²) in [6.07, 6.45) is 0.908. The number of carbonyl (C=O) groups excluding carboxylic acids is 1. The summed E-state index contributed by atoms with van der Waals surface area (Å²) in [5.41, 5.74) is 1.07. The molecule has 18 heavy (non-hydrogen) atoms. The van der Waals surface area contributed by atoms with Gasteiger partial charge in [-0.15, -0.1) is 0 Å². The SMILES string of the molecule is CCCNC(=O)COc1ccc(CNC)cc1Cl. The van der Waals surface area contributed by atoms with E-state index >= 15 is 0 Å². The van der Waals surface area contributed by atoms with Gasteiger partial charge in [0, 0.05) is 13.1 Å². The molecule has 0 radical (unpaired) electrons. The van der Waals surface area contributed by atoms with E-state index < -0.39 is 0 Å². The fraction of sp³-hybridized carbons (Fsp3) is 0.462. The van der Waals surface area contributed by atoms with Gasteiger partial charge in [-0.2, -0.15) is 0 Å². The van der Waals surface area contributed by atoms with Crippen LogP contribution in [0.4, 0.5) is 0 Å². The van der Waals surface area contributed by atoms with Crippen LogP contribution in [0.15, 0.2) is 18.2 Å². The quantitative estimate of drug-likeness (QED) is 0.796. The molecule has 0 saturated heterocycles. The first-order valence-corrected chi connectivity index (χ1v) is 6.37. The Bertz CT molecular complexity index is 397. The molecule has 5 heteroatoms. The summed E-state index contributed by atoms with van der Waals surface area (Å²) < 4.78 is 5.36. The van der Waals surface area contributed by atoms with E-state index in [2.05, 4.69) is 10.6 Å². The Hall–Kier alpha value is -1.26. The van der Waals surface area contributed by atoms with Gasteiger partial charge < -0.3 is 15.4 Å². The van der Waals surface area contributed by atoms with Gasteiger partial charge in [-0.1, -0.05) is 24.6 Å². The molecule has 0 fully saturated rings. The van der Waals surface area contributed by atoms with E-state index in [9.17, 15) is 4.79 Å². The zero-order chi connectivity index (χ0) is 13.4. The third kappa shape index (κ3) is 4.94. The molecule has 1 aromatic rings. The Labute approximate surface area is 113 Å². The minimum absolute atomic E-state index is 0.00883. The van der Waals surface area contributed by atoms with E-state index in [0.717, 1.165) is 18.5 Å². The van der Waals surface area contributed by atoms with Crippen molar-refractivity contribution in [2.75, 3.05) is 20.2 Å². The van der Waals surface area contributed by atoms with Crippen LogP contribution in [-0.4, -0.2) is 26.1 Å². The van der Waals surface area contributed by atoms with Crippen molar-refractivity contribution in [1.29, 1.82) is 0 Å². The highest BCUT2D eigenvalue weighted by Crippen LogP contribution is 2.25. The molecule has 1 aromatic carbocycles. The van der Waals surface area contributed by atoms with Crippen LogP contribution in [0.2, 0.25) is 5.02 Å². The molecule has 100 valence electrons. The summed E-state index contributed by atoms with van der Waals surface area (Å²) in [6, 6.07) is 5.53. The highest BCUT2D eigenvalue weighted by Gasteiger charge is 2.06. The Morgan fingerprint density at radius 1 is 1.44 bits per heavy atom. The van der Waals surface area contributed by atoms with Crippen LogP contribution in [0.25, 0.3) is 0 Å². The molecule has 0 aliphatic heterocycles. The predicted octanol–water partition coefficient (Wildman–Crippen LogP) is 1.96. The van der Waals surface area contributed by atoms with Crippen molar-refractivity contribution < 1.29 is 9.53 Å². The number of hydrogen-bond acceptors (Lipinski definition) is 3. The predicted molar refractivity (Wildman–Crippen MR) is 73.0 cm³/mol. The molecule has 4 nitrogen and oxygen atoms in total. The van der Waals surface area contributed by atoms with Crippen LogP contribution in [0.5, 0.6) is 5.75 Å². The van der Waals surface area contributed by atoms with E-state index in [1.807, 2.05) is 26.1 Å². The zero-order valence-electron chi connectivity index (χ0n) is 10.8. The fourth-order valence-electron chi connectivity index (χ4n) is 1.43. The van der Waals surface area contributed by atoms with E-state index in [1.54, 1.807) is 6.07 Å². The summed E-state index contributed by atoms with van der Waals surface area (Å²) in [6.45, 7) is 3.40. The second kappa shape index (κ2) is 7.95. The zero-order valence-corrected chi connectivity index (χ0v) is 11.5. The Kier molecular flexibility index (Phi) is 6.54. The first-order valence-electron chi connectivity index (χ1n) is 6.00. The molecule has 0 saturated carbocycles. The lowest BCUT2D eigenvalue weighted by atomic mass is 10.2. The van der Waals surface area contributed by atoms with Crippen LogP contribution >= 0.6 is 11.6 Å². The number of nitrogens with one attached hydrogen (secondary N) is 2. The lowest BCUT2D eigenvalue weighted by molar-refractivity contribution is -0.123. The number of ether oxygens (including phenoxy) is 1. The topological polar surface area (TPSA) is 50.4 Å². The summed E-state index contributed by atoms with van der Waals surface area (Å²) in [5, 5.41) is 6.30. The maximum Gasteiger partial charge on any atom is 0.257 e. The van der Waals surface area contributed by atoms with Crippen molar-refractivity contribution in [2.24, 2.45) is 0 Å². The summed E-state index contributed by atoms with van der Waals surface area (Å²) in [5.74, 6) is 0.399. The van der Waals surface area contributed by atoms with Gasteiger partial charge in [0.25, 0.3) is 5.91 Å². The smallest absolute Gasteiger partial charge is 0.257 e. The normalized spacial score (nSPS) is 10.2. The first kappa shape index (κ1) is 14.8. The number of rotatable bonds is 7. The second-order valence-electron chi connectivity index (χ2n) is 3.93.